The molecule has 0 N–H and O–H groups in total. The molecule has 2 nitrogen and oxygen atoms in total. The predicted octanol–water partition coefficient (Wildman–Crippen LogP) is 8.60. The molecule has 0 spiro atoms. The van der Waals surface area contributed by atoms with Crippen molar-refractivity contribution in [2.24, 2.45) is 0 Å². The number of piperidine rings is 1. The van der Waals surface area contributed by atoms with Gasteiger partial charge in [-0.3, -0.25) is 4.79 Å². The van der Waals surface area contributed by atoms with E-state index in [1.807, 2.05) is 0 Å². The van der Waals surface area contributed by atoms with Crippen molar-refractivity contribution in [3.63, 3.8) is 0 Å². The SMILES string of the molecule is CCCCCCCC/C=C\CCCCCCCCCCCC(=O)N1CCCCC1. The smallest absolute Gasteiger partial charge is 0.222 e. The molecule has 0 unspecified atom stereocenters. The molecule has 0 radical (unpaired) electrons. The Morgan fingerprint density at radius 2 is 1.07 bits per heavy atom. The summed E-state index contributed by atoms with van der Waals surface area (Å²) in [5.41, 5.74) is 0. The van der Waals surface area contributed by atoms with Crippen molar-refractivity contribution in [3.8, 4) is 0 Å². The Balaban J connectivity index is 1.73. The number of hydrogen-bond donors (Lipinski definition) is 0. The molecule has 29 heavy (non-hydrogen) atoms. The van der Waals surface area contributed by atoms with Crippen molar-refractivity contribution in [3.05, 3.63) is 12.2 Å². The van der Waals surface area contributed by atoms with Crippen molar-refractivity contribution in [1.82, 2.24) is 4.90 Å². The maximum atomic E-state index is 12.1. The molecular weight excluding hydrogens is 354 g/mol. The summed E-state index contributed by atoms with van der Waals surface area (Å²) in [7, 11) is 0. The molecule has 0 aromatic rings. The maximum Gasteiger partial charge on any atom is 0.222 e. The van der Waals surface area contributed by atoms with Crippen LogP contribution >= 0.6 is 0 Å². The van der Waals surface area contributed by atoms with Gasteiger partial charge < -0.3 is 4.90 Å². The second-order valence-electron chi connectivity index (χ2n) is 9.19. The molecule has 0 aliphatic carbocycles. The highest BCUT2D eigenvalue weighted by molar-refractivity contribution is 5.76. The summed E-state index contributed by atoms with van der Waals surface area (Å²) in [5.74, 6) is 0.408. The normalized spacial score (nSPS) is 14.7. The fourth-order valence-electron chi connectivity index (χ4n) is 4.36. The van der Waals surface area contributed by atoms with Gasteiger partial charge in [0.1, 0.15) is 0 Å². The zero-order chi connectivity index (χ0) is 20.8. The van der Waals surface area contributed by atoms with E-state index in [9.17, 15) is 4.79 Å². The monoisotopic (exact) mass is 405 g/mol. The fourth-order valence-corrected chi connectivity index (χ4v) is 4.36. The highest BCUT2D eigenvalue weighted by Gasteiger charge is 2.15. The average Bonchev–Trinajstić information content (AvgIpc) is 2.75. The van der Waals surface area contributed by atoms with Crippen LogP contribution < -0.4 is 0 Å². The lowest BCUT2D eigenvalue weighted by atomic mass is 10.0. The molecule has 1 saturated heterocycles. The largest absolute Gasteiger partial charge is 0.343 e. The van der Waals surface area contributed by atoms with E-state index < -0.39 is 0 Å². The summed E-state index contributed by atoms with van der Waals surface area (Å²) in [4.78, 5) is 14.2. The van der Waals surface area contributed by atoms with Crippen LogP contribution in [0.2, 0.25) is 0 Å². The third-order valence-corrected chi connectivity index (χ3v) is 6.36. The highest BCUT2D eigenvalue weighted by Crippen LogP contribution is 2.14. The summed E-state index contributed by atoms with van der Waals surface area (Å²) >= 11 is 0. The van der Waals surface area contributed by atoms with Crippen molar-refractivity contribution in [2.75, 3.05) is 13.1 Å². The van der Waals surface area contributed by atoms with Gasteiger partial charge in [0.25, 0.3) is 0 Å². The minimum Gasteiger partial charge on any atom is -0.343 e. The summed E-state index contributed by atoms with van der Waals surface area (Å²) in [6.45, 7) is 4.30. The molecule has 1 amide bonds. The van der Waals surface area contributed by atoms with Gasteiger partial charge in [-0.25, -0.2) is 0 Å². The van der Waals surface area contributed by atoms with Gasteiger partial charge in [0, 0.05) is 19.5 Å². The zero-order valence-electron chi connectivity index (χ0n) is 19.8. The molecule has 1 rings (SSSR count). The number of hydrogen-bond acceptors (Lipinski definition) is 1. The molecule has 0 aromatic carbocycles. The fraction of sp³-hybridized carbons (Fsp3) is 0.889. The van der Waals surface area contributed by atoms with Gasteiger partial charge >= 0.3 is 0 Å². The third kappa shape index (κ3) is 16.7. The van der Waals surface area contributed by atoms with Crippen LogP contribution in [0.4, 0.5) is 0 Å². The van der Waals surface area contributed by atoms with E-state index in [1.165, 1.54) is 122 Å². The first-order chi connectivity index (χ1) is 14.3. The van der Waals surface area contributed by atoms with Crippen LogP contribution in [0.3, 0.4) is 0 Å². The van der Waals surface area contributed by atoms with Gasteiger partial charge in [-0.15, -0.1) is 0 Å². The van der Waals surface area contributed by atoms with E-state index in [-0.39, 0.29) is 0 Å². The standard InChI is InChI=1S/C27H51NO/c1-2-3-4-5-6-7-8-9-10-11-12-13-14-15-16-17-18-19-21-24-27(29)28-25-22-20-23-26-28/h9-10H,2-8,11-26H2,1H3/b10-9-. The Morgan fingerprint density at radius 3 is 1.59 bits per heavy atom. The average molecular weight is 406 g/mol. The molecule has 1 heterocycles. The first kappa shape index (κ1) is 26.2. The van der Waals surface area contributed by atoms with Crippen molar-refractivity contribution < 1.29 is 4.79 Å². The van der Waals surface area contributed by atoms with E-state index >= 15 is 0 Å². The quantitative estimate of drug-likeness (QED) is 0.156. The Morgan fingerprint density at radius 1 is 0.621 bits per heavy atom. The van der Waals surface area contributed by atoms with E-state index in [0.717, 1.165) is 25.9 Å². The molecule has 0 aromatic heterocycles. The van der Waals surface area contributed by atoms with Crippen LogP contribution in [0.25, 0.3) is 0 Å². The molecular formula is C27H51NO. The highest BCUT2D eigenvalue weighted by atomic mass is 16.2. The minimum absolute atomic E-state index is 0.408. The van der Waals surface area contributed by atoms with E-state index in [0.29, 0.717) is 5.91 Å². The molecule has 2 heteroatoms. The first-order valence-electron chi connectivity index (χ1n) is 13.3. The van der Waals surface area contributed by atoms with Crippen LogP contribution in [-0.2, 0) is 4.79 Å². The summed E-state index contributed by atoms with van der Waals surface area (Å²) in [5, 5.41) is 0. The lowest BCUT2D eigenvalue weighted by Crippen LogP contribution is -2.35. The maximum absolute atomic E-state index is 12.1. The molecule has 0 bridgehead atoms. The molecule has 170 valence electrons. The van der Waals surface area contributed by atoms with Crippen LogP contribution in [0.15, 0.2) is 12.2 Å². The van der Waals surface area contributed by atoms with Gasteiger partial charge in [0.15, 0.2) is 0 Å². The summed E-state index contributed by atoms with van der Waals surface area (Å²) < 4.78 is 0. The van der Waals surface area contributed by atoms with Crippen molar-refractivity contribution >= 4 is 5.91 Å². The van der Waals surface area contributed by atoms with Gasteiger partial charge in [-0.2, -0.15) is 0 Å². The van der Waals surface area contributed by atoms with Crippen LogP contribution in [0.5, 0.6) is 0 Å². The molecule has 0 saturated carbocycles. The van der Waals surface area contributed by atoms with Crippen LogP contribution in [-0.4, -0.2) is 23.9 Å². The second kappa shape index (κ2) is 20.5. The van der Waals surface area contributed by atoms with E-state index in [2.05, 4.69) is 24.0 Å². The zero-order valence-corrected chi connectivity index (χ0v) is 19.8. The van der Waals surface area contributed by atoms with Gasteiger partial charge in [-0.1, -0.05) is 96.1 Å². The van der Waals surface area contributed by atoms with E-state index in [1.54, 1.807) is 0 Å². The Labute approximate surface area is 182 Å². The third-order valence-electron chi connectivity index (χ3n) is 6.36. The van der Waals surface area contributed by atoms with Crippen molar-refractivity contribution in [2.45, 2.75) is 142 Å². The summed E-state index contributed by atoms with van der Waals surface area (Å²) in [6, 6.07) is 0. The lowest BCUT2D eigenvalue weighted by molar-refractivity contribution is -0.132. The number of allylic oxidation sites excluding steroid dienone is 2. The molecule has 1 aliphatic rings. The van der Waals surface area contributed by atoms with Crippen LogP contribution in [0, 0.1) is 0 Å². The first-order valence-corrected chi connectivity index (χ1v) is 13.3. The van der Waals surface area contributed by atoms with Gasteiger partial charge in [-0.05, 0) is 51.4 Å². The van der Waals surface area contributed by atoms with Gasteiger partial charge in [0.05, 0.1) is 0 Å². The Bertz CT molecular complexity index is 384. The number of rotatable bonds is 19. The molecule has 1 fully saturated rings. The predicted molar refractivity (Wildman–Crippen MR) is 128 cm³/mol. The number of carbonyl (C=O) groups excluding carboxylic acids is 1. The number of carbonyl (C=O) groups is 1. The lowest BCUT2D eigenvalue weighted by Gasteiger charge is -2.26. The second-order valence-corrected chi connectivity index (χ2v) is 9.19. The Hall–Kier alpha value is -0.790. The van der Waals surface area contributed by atoms with Crippen molar-refractivity contribution in [1.29, 1.82) is 0 Å². The van der Waals surface area contributed by atoms with Crippen LogP contribution in [0.1, 0.15) is 142 Å². The van der Waals surface area contributed by atoms with Gasteiger partial charge in [0.2, 0.25) is 5.91 Å². The Kier molecular flexibility index (Phi) is 18.5. The van der Waals surface area contributed by atoms with E-state index in [4.69, 9.17) is 0 Å². The number of amides is 1. The minimum atomic E-state index is 0.408. The number of nitrogens with zero attached hydrogens (tertiary/aromatic N) is 1. The molecule has 1 aliphatic heterocycles. The number of unbranched alkanes of at least 4 members (excludes halogenated alkanes) is 15. The molecule has 0 atom stereocenters. The topological polar surface area (TPSA) is 20.3 Å². The summed E-state index contributed by atoms with van der Waals surface area (Å²) in [6.07, 6.45) is 32.3. The number of likely N-dealkylation sites (tertiary alicyclic amines) is 1.